The van der Waals surface area contributed by atoms with Crippen LogP contribution in [0, 0.1) is 6.92 Å². The molecule has 0 spiro atoms. The molecular formula is C9H16N4O2S. The van der Waals surface area contributed by atoms with Crippen molar-refractivity contribution in [2.75, 3.05) is 12.3 Å². The van der Waals surface area contributed by atoms with Crippen LogP contribution in [0.25, 0.3) is 0 Å². The second-order valence-electron chi connectivity index (χ2n) is 3.71. The van der Waals surface area contributed by atoms with E-state index in [1.807, 2.05) is 0 Å². The van der Waals surface area contributed by atoms with Crippen molar-refractivity contribution in [3.8, 4) is 0 Å². The zero-order chi connectivity index (χ0) is 12.5. The van der Waals surface area contributed by atoms with Gasteiger partial charge in [-0.3, -0.25) is 4.68 Å². The molecule has 0 aromatic carbocycles. The molecule has 0 fully saturated rings. The fourth-order valence-corrected chi connectivity index (χ4v) is 2.65. The zero-order valence-corrected chi connectivity index (χ0v) is 10.4. The van der Waals surface area contributed by atoms with E-state index in [0.717, 1.165) is 5.57 Å². The van der Waals surface area contributed by atoms with E-state index in [1.165, 1.54) is 4.68 Å². The molecule has 90 valence electrons. The number of nitrogen functional groups attached to an aromatic ring is 1. The van der Waals surface area contributed by atoms with Gasteiger partial charge in [0.25, 0.3) is 0 Å². The van der Waals surface area contributed by atoms with Crippen LogP contribution in [0.4, 0.5) is 5.82 Å². The summed E-state index contributed by atoms with van der Waals surface area (Å²) < 4.78 is 27.7. The van der Waals surface area contributed by atoms with Crippen LogP contribution < -0.4 is 10.5 Å². The van der Waals surface area contributed by atoms with Crippen LogP contribution in [-0.4, -0.2) is 24.7 Å². The normalized spacial score (nSPS) is 11.7. The van der Waals surface area contributed by atoms with E-state index in [2.05, 4.69) is 16.4 Å². The number of rotatable bonds is 4. The van der Waals surface area contributed by atoms with Crippen molar-refractivity contribution >= 4 is 15.8 Å². The number of aryl methyl sites for hydroxylation is 1. The van der Waals surface area contributed by atoms with E-state index in [-0.39, 0.29) is 17.3 Å². The molecule has 1 rings (SSSR count). The second-order valence-corrected chi connectivity index (χ2v) is 5.41. The summed E-state index contributed by atoms with van der Waals surface area (Å²) in [5, 5.41) is 3.86. The Morgan fingerprint density at radius 2 is 2.19 bits per heavy atom. The predicted octanol–water partition coefficient (Wildman–Crippen LogP) is 0.165. The van der Waals surface area contributed by atoms with E-state index in [9.17, 15) is 8.42 Å². The smallest absolute Gasteiger partial charge is 0.246 e. The summed E-state index contributed by atoms with van der Waals surface area (Å²) in [6, 6.07) is 0. The molecule has 7 heteroatoms. The van der Waals surface area contributed by atoms with Gasteiger partial charge >= 0.3 is 0 Å². The van der Waals surface area contributed by atoms with Crippen LogP contribution in [0.3, 0.4) is 0 Å². The number of nitrogens with two attached hydrogens (primary N) is 1. The van der Waals surface area contributed by atoms with Crippen LogP contribution in [0.5, 0.6) is 0 Å². The Kier molecular flexibility index (Phi) is 3.39. The van der Waals surface area contributed by atoms with Gasteiger partial charge in [-0.1, -0.05) is 12.2 Å². The van der Waals surface area contributed by atoms with E-state index >= 15 is 0 Å². The Morgan fingerprint density at radius 1 is 1.62 bits per heavy atom. The first-order valence-electron chi connectivity index (χ1n) is 4.69. The van der Waals surface area contributed by atoms with Gasteiger partial charge in [0.2, 0.25) is 10.0 Å². The molecule has 0 aliphatic heterocycles. The fourth-order valence-electron chi connectivity index (χ4n) is 1.24. The minimum absolute atomic E-state index is 0.00853. The van der Waals surface area contributed by atoms with Crippen molar-refractivity contribution in [2.45, 2.75) is 18.7 Å². The van der Waals surface area contributed by atoms with Gasteiger partial charge in [-0.15, -0.1) is 0 Å². The third-order valence-electron chi connectivity index (χ3n) is 2.14. The lowest BCUT2D eigenvalue weighted by atomic mass is 10.4. The average molecular weight is 244 g/mol. The molecule has 3 N–H and O–H groups in total. The maximum absolute atomic E-state index is 11.9. The quantitative estimate of drug-likeness (QED) is 0.738. The van der Waals surface area contributed by atoms with Crippen molar-refractivity contribution in [1.29, 1.82) is 0 Å². The Morgan fingerprint density at radius 3 is 2.56 bits per heavy atom. The van der Waals surface area contributed by atoms with Gasteiger partial charge < -0.3 is 5.73 Å². The number of nitrogens with zero attached hydrogens (tertiary/aromatic N) is 2. The molecule has 0 aliphatic rings. The fraction of sp³-hybridized carbons (Fsp3) is 0.444. The average Bonchev–Trinajstić information content (AvgIpc) is 2.38. The Balaban J connectivity index is 3.12. The van der Waals surface area contributed by atoms with Gasteiger partial charge in [0.15, 0.2) is 5.82 Å². The third kappa shape index (κ3) is 2.42. The van der Waals surface area contributed by atoms with Crippen molar-refractivity contribution in [1.82, 2.24) is 14.5 Å². The van der Waals surface area contributed by atoms with Gasteiger partial charge in [0.1, 0.15) is 4.90 Å². The largest absolute Gasteiger partial charge is 0.381 e. The van der Waals surface area contributed by atoms with Gasteiger partial charge in [-0.05, 0) is 13.8 Å². The first-order chi connectivity index (χ1) is 7.25. The maximum Gasteiger partial charge on any atom is 0.246 e. The Labute approximate surface area is 95.2 Å². The topological polar surface area (TPSA) is 90.0 Å². The summed E-state index contributed by atoms with van der Waals surface area (Å²) in [7, 11) is -1.97. The predicted molar refractivity (Wildman–Crippen MR) is 62.4 cm³/mol. The number of nitrogens with one attached hydrogen (secondary N) is 1. The standard InChI is InChI=1S/C9H16N4O2S/c1-6(2)5-11-16(14,15)8-7(3)13(4)12-9(8)10/h11H,1,5H2,2-4H3,(H2,10,12). The zero-order valence-electron chi connectivity index (χ0n) is 9.61. The third-order valence-corrected chi connectivity index (χ3v) is 3.70. The van der Waals surface area contributed by atoms with E-state index in [1.54, 1.807) is 20.9 Å². The molecule has 1 aromatic rings. The van der Waals surface area contributed by atoms with Gasteiger partial charge in [-0.25, -0.2) is 13.1 Å². The molecule has 1 heterocycles. The monoisotopic (exact) mass is 244 g/mol. The highest BCUT2D eigenvalue weighted by molar-refractivity contribution is 7.89. The molecule has 16 heavy (non-hydrogen) atoms. The molecule has 6 nitrogen and oxygen atoms in total. The molecule has 1 aromatic heterocycles. The summed E-state index contributed by atoms with van der Waals surface area (Å²) in [6.45, 7) is 7.20. The number of hydrogen-bond donors (Lipinski definition) is 2. The molecule has 0 saturated carbocycles. The highest BCUT2D eigenvalue weighted by Crippen LogP contribution is 2.20. The van der Waals surface area contributed by atoms with Crippen LogP contribution in [0.1, 0.15) is 12.6 Å². The lowest BCUT2D eigenvalue weighted by Crippen LogP contribution is -2.26. The summed E-state index contributed by atoms with van der Waals surface area (Å²) >= 11 is 0. The summed E-state index contributed by atoms with van der Waals surface area (Å²) in [5.74, 6) is 0.00853. The van der Waals surface area contributed by atoms with Gasteiger partial charge in [-0.2, -0.15) is 5.10 Å². The SMILES string of the molecule is C=C(C)CNS(=O)(=O)c1c(N)nn(C)c1C. The summed E-state index contributed by atoms with van der Waals surface area (Å²) in [5.41, 5.74) is 6.79. The van der Waals surface area contributed by atoms with Gasteiger partial charge in [0.05, 0.1) is 5.69 Å². The van der Waals surface area contributed by atoms with E-state index in [0.29, 0.717) is 5.69 Å². The number of anilines is 1. The van der Waals surface area contributed by atoms with Gasteiger partial charge in [0, 0.05) is 13.6 Å². The number of sulfonamides is 1. The van der Waals surface area contributed by atoms with Crippen LogP contribution in [0.2, 0.25) is 0 Å². The molecule has 0 amide bonds. The summed E-state index contributed by atoms with van der Waals surface area (Å²) in [4.78, 5) is 0.0382. The van der Waals surface area contributed by atoms with Crippen LogP contribution in [-0.2, 0) is 17.1 Å². The highest BCUT2D eigenvalue weighted by atomic mass is 32.2. The van der Waals surface area contributed by atoms with E-state index in [4.69, 9.17) is 5.73 Å². The summed E-state index contributed by atoms with van der Waals surface area (Å²) in [6.07, 6.45) is 0. The Bertz CT molecular complexity index is 516. The Hall–Kier alpha value is -1.34. The van der Waals surface area contributed by atoms with Crippen molar-refractivity contribution in [2.24, 2.45) is 7.05 Å². The molecule has 0 bridgehead atoms. The van der Waals surface area contributed by atoms with Crippen molar-refractivity contribution in [3.63, 3.8) is 0 Å². The molecule has 0 radical (unpaired) electrons. The molecular weight excluding hydrogens is 228 g/mol. The minimum Gasteiger partial charge on any atom is -0.381 e. The number of aromatic nitrogens is 2. The van der Waals surface area contributed by atoms with Crippen molar-refractivity contribution < 1.29 is 8.42 Å². The number of hydrogen-bond acceptors (Lipinski definition) is 4. The molecule has 0 atom stereocenters. The van der Waals surface area contributed by atoms with E-state index < -0.39 is 10.0 Å². The van der Waals surface area contributed by atoms with Crippen molar-refractivity contribution in [3.05, 3.63) is 17.8 Å². The first-order valence-corrected chi connectivity index (χ1v) is 6.17. The molecule has 0 aliphatic carbocycles. The second kappa shape index (κ2) is 4.26. The lowest BCUT2D eigenvalue weighted by Gasteiger charge is -2.06. The maximum atomic E-state index is 11.9. The van der Waals surface area contributed by atoms with Crippen LogP contribution >= 0.6 is 0 Å². The van der Waals surface area contributed by atoms with Crippen LogP contribution in [0.15, 0.2) is 17.0 Å². The first kappa shape index (κ1) is 12.7. The highest BCUT2D eigenvalue weighted by Gasteiger charge is 2.23. The molecule has 0 saturated heterocycles. The minimum atomic E-state index is -3.62. The lowest BCUT2D eigenvalue weighted by molar-refractivity contribution is 0.584. The molecule has 0 unspecified atom stereocenters.